The van der Waals surface area contributed by atoms with Gasteiger partial charge < -0.3 is 15.8 Å². The highest BCUT2D eigenvalue weighted by Gasteiger charge is 2.20. The van der Waals surface area contributed by atoms with Crippen molar-refractivity contribution in [2.75, 3.05) is 0 Å². The van der Waals surface area contributed by atoms with Gasteiger partial charge in [0.1, 0.15) is 0 Å². The molecule has 0 spiro atoms. The fourth-order valence-electron chi connectivity index (χ4n) is 2.48. The predicted molar refractivity (Wildman–Crippen MR) is 71.6 cm³/mol. The first kappa shape index (κ1) is 11.2. The van der Waals surface area contributed by atoms with E-state index in [9.17, 15) is 0 Å². The molecule has 0 amide bonds. The molecule has 0 unspecified atom stereocenters. The highest BCUT2D eigenvalue weighted by Crippen LogP contribution is 2.33. The summed E-state index contributed by atoms with van der Waals surface area (Å²) in [5.41, 5.74) is 7.95. The van der Waals surface area contributed by atoms with E-state index < -0.39 is 0 Å². The Kier molecular flexibility index (Phi) is 2.52. The zero-order chi connectivity index (χ0) is 12.7. The Morgan fingerprint density at radius 2 is 1.94 bits per heavy atom. The van der Waals surface area contributed by atoms with Gasteiger partial charge in [-0.1, -0.05) is 41.0 Å². The molecule has 92 valence electrons. The molecular weight excluding hydrogens is 250 g/mol. The number of benzene rings is 2. The number of rotatable bonds is 0. The summed E-state index contributed by atoms with van der Waals surface area (Å²) in [6.07, 6.45) is 0. The molecule has 2 aromatic carbocycles. The fourth-order valence-corrected chi connectivity index (χ4v) is 2.70. The molecule has 0 saturated heterocycles. The molecule has 4 nitrogen and oxygen atoms in total. The van der Waals surface area contributed by atoms with Gasteiger partial charge in [-0.05, 0) is 22.6 Å². The maximum atomic E-state index is 8.77. The van der Waals surface area contributed by atoms with Crippen LogP contribution in [0.1, 0.15) is 11.1 Å². The molecule has 1 aliphatic heterocycles. The summed E-state index contributed by atoms with van der Waals surface area (Å²) in [6.45, 7) is 1.25. The molecule has 2 aromatic rings. The van der Waals surface area contributed by atoms with Gasteiger partial charge in [-0.15, -0.1) is 0 Å². The van der Waals surface area contributed by atoms with Crippen LogP contribution >= 0.6 is 11.6 Å². The first-order chi connectivity index (χ1) is 8.70. The summed E-state index contributed by atoms with van der Waals surface area (Å²) in [5, 5.41) is 14.8. The second-order valence-electron chi connectivity index (χ2n) is 4.36. The van der Waals surface area contributed by atoms with Crippen LogP contribution < -0.4 is 5.73 Å². The van der Waals surface area contributed by atoms with Crippen molar-refractivity contribution in [3.8, 4) is 0 Å². The second kappa shape index (κ2) is 4.07. The van der Waals surface area contributed by atoms with Crippen LogP contribution in [-0.2, 0) is 13.1 Å². The van der Waals surface area contributed by atoms with Crippen LogP contribution in [0.2, 0.25) is 5.02 Å². The predicted octanol–water partition coefficient (Wildman–Crippen LogP) is 2.51. The maximum Gasteiger partial charge on any atom is 0.233 e. The van der Waals surface area contributed by atoms with E-state index in [-0.39, 0.29) is 5.96 Å². The van der Waals surface area contributed by atoms with Crippen molar-refractivity contribution in [2.24, 2.45) is 10.9 Å². The maximum absolute atomic E-state index is 8.77. The van der Waals surface area contributed by atoms with Crippen molar-refractivity contribution >= 4 is 28.3 Å². The minimum Gasteiger partial charge on any atom is -0.408 e. The highest BCUT2D eigenvalue weighted by molar-refractivity contribution is 6.35. The first-order valence-electron chi connectivity index (χ1n) is 5.62. The van der Waals surface area contributed by atoms with Gasteiger partial charge in [-0.2, -0.15) is 0 Å². The topological polar surface area (TPSA) is 61.9 Å². The van der Waals surface area contributed by atoms with Gasteiger partial charge in [0, 0.05) is 23.5 Å². The zero-order valence-corrected chi connectivity index (χ0v) is 10.4. The molecule has 0 bridgehead atoms. The Morgan fingerprint density at radius 1 is 1.22 bits per heavy atom. The number of nitrogens with zero attached hydrogens (tertiary/aromatic N) is 2. The van der Waals surface area contributed by atoms with Gasteiger partial charge in [0.15, 0.2) is 0 Å². The molecule has 18 heavy (non-hydrogen) atoms. The number of oxime groups is 1. The second-order valence-corrected chi connectivity index (χ2v) is 4.77. The average Bonchev–Trinajstić information content (AvgIpc) is 2.41. The Balaban J connectivity index is 2.20. The van der Waals surface area contributed by atoms with Crippen LogP contribution in [0.15, 0.2) is 35.5 Å². The molecule has 3 N–H and O–H groups in total. The summed E-state index contributed by atoms with van der Waals surface area (Å²) in [6, 6.07) is 9.91. The van der Waals surface area contributed by atoms with Gasteiger partial charge in [-0.3, -0.25) is 0 Å². The SMILES string of the molecule is N/C(=N\O)N1Cc2cccc3c(Cl)ccc(c23)C1. The number of hydrogen-bond acceptors (Lipinski definition) is 2. The fraction of sp³-hybridized carbons (Fsp3) is 0.154. The molecule has 0 radical (unpaired) electrons. The Morgan fingerprint density at radius 3 is 2.67 bits per heavy atom. The molecule has 0 atom stereocenters. The number of nitrogens with two attached hydrogens (primary N) is 1. The summed E-state index contributed by atoms with van der Waals surface area (Å²) in [7, 11) is 0. The van der Waals surface area contributed by atoms with E-state index in [0.717, 1.165) is 21.5 Å². The van der Waals surface area contributed by atoms with Crippen LogP contribution in [-0.4, -0.2) is 16.1 Å². The van der Waals surface area contributed by atoms with Gasteiger partial charge in [-0.25, -0.2) is 0 Å². The molecule has 0 aromatic heterocycles. The molecule has 1 heterocycles. The Bertz CT molecular complexity index is 642. The van der Waals surface area contributed by atoms with E-state index in [2.05, 4.69) is 5.16 Å². The standard InChI is InChI=1S/C13H12ClN3O/c14-11-5-4-9-7-17(13(15)16-18)6-8-2-1-3-10(11)12(8)9/h1-5,18H,6-7H2,(H2,15,16). The lowest BCUT2D eigenvalue weighted by Crippen LogP contribution is -2.38. The van der Waals surface area contributed by atoms with Crippen molar-refractivity contribution in [2.45, 2.75) is 13.1 Å². The lowest BCUT2D eigenvalue weighted by molar-refractivity contribution is 0.293. The van der Waals surface area contributed by atoms with E-state index in [1.165, 1.54) is 5.39 Å². The molecule has 1 aliphatic rings. The minimum absolute atomic E-state index is 0.132. The average molecular weight is 262 g/mol. The molecule has 0 fully saturated rings. The van der Waals surface area contributed by atoms with Crippen LogP contribution in [0.3, 0.4) is 0 Å². The third kappa shape index (κ3) is 1.57. The normalized spacial score (nSPS) is 15.2. The van der Waals surface area contributed by atoms with Crippen LogP contribution in [0.4, 0.5) is 0 Å². The summed E-state index contributed by atoms with van der Waals surface area (Å²) < 4.78 is 0. The van der Waals surface area contributed by atoms with E-state index in [1.807, 2.05) is 35.2 Å². The third-order valence-corrected chi connectivity index (χ3v) is 3.64. The van der Waals surface area contributed by atoms with E-state index in [1.54, 1.807) is 0 Å². The lowest BCUT2D eigenvalue weighted by atomic mass is 9.95. The highest BCUT2D eigenvalue weighted by atomic mass is 35.5. The molecule has 5 heteroatoms. The number of guanidine groups is 1. The quantitative estimate of drug-likeness (QED) is 0.332. The van der Waals surface area contributed by atoms with Crippen LogP contribution in [0.25, 0.3) is 10.8 Å². The Hall–Kier alpha value is -1.94. The third-order valence-electron chi connectivity index (χ3n) is 3.31. The van der Waals surface area contributed by atoms with Crippen LogP contribution in [0, 0.1) is 0 Å². The summed E-state index contributed by atoms with van der Waals surface area (Å²) >= 11 is 6.21. The van der Waals surface area contributed by atoms with Crippen molar-refractivity contribution in [1.29, 1.82) is 0 Å². The molecule has 0 saturated carbocycles. The largest absolute Gasteiger partial charge is 0.408 e. The number of halogens is 1. The smallest absolute Gasteiger partial charge is 0.233 e. The van der Waals surface area contributed by atoms with Crippen molar-refractivity contribution in [1.82, 2.24) is 4.90 Å². The molecule has 3 rings (SSSR count). The van der Waals surface area contributed by atoms with Gasteiger partial charge >= 0.3 is 0 Å². The van der Waals surface area contributed by atoms with E-state index in [4.69, 9.17) is 22.5 Å². The van der Waals surface area contributed by atoms with Crippen LogP contribution in [0.5, 0.6) is 0 Å². The molecular formula is C13H12ClN3O. The van der Waals surface area contributed by atoms with E-state index >= 15 is 0 Å². The van der Waals surface area contributed by atoms with E-state index in [0.29, 0.717) is 13.1 Å². The minimum atomic E-state index is 0.132. The monoisotopic (exact) mass is 261 g/mol. The van der Waals surface area contributed by atoms with Crippen molar-refractivity contribution < 1.29 is 5.21 Å². The van der Waals surface area contributed by atoms with Gasteiger partial charge in [0.05, 0.1) is 0 Å². The summed E-state index contributed by atoms with van der Waals surface area (Å²) in [4.78, 5) is 1.82. The Labute approximate surface area is 109 Å². The van der Waals surface area contributed by atoms with Crippen molar-refractivity contribution in [3.63, 3.8) is 0 Å². The summed E-state index contributed by atoms with van der Waals surface area (Å²) in [5.74, 6) is 0.132. The van der Waals surface area contributed by atoms with Gasteiger partial charge in [0.2, 0.25) is 5.96 Å². The lowest BCUT2D eigenvalue weighted by Gasteiger charge is -2.29. The molecule has 0 aliphatic carbocycles. The van der Waals surface area contributed by atoms with Crippen molar-refractivity contribution in [3.05, 3.63) is 46.5 Å². The van der Waals surface area contributed by atoms with Gasteiger partial charge in [0.25, 0.3) is 0 Å². The zero-order valence-electron chi connectivity index (χ0n) is 9.60. The first-order valence-corrected chi connectivity index (χ1v) is 6.00. The number of hydrogen-bond donors (Lipinski definition) is 2.